The third-order valence-corrected chi connectivity index (χ3v) is 9.03. The first-order chi connectivity index (χ1) is 21.2. The number of hydrogen-bond donors (Lipinski definition) is 0. The van der Waals surface area contributed by atoms with Gasteiger partial charge in [-0.3, -0.25) is 4.52 Å². The molecule has 2 saturated carbocycles. The molecule has 4 rings (SSSR count). The molecule has 0 spiro atoms. The van der Waals surface area contributed by atoms with Crippen molar-refractivity contribution in [2.45, 2.75) is 89.6 Å². The molecule has 246 valence electrons. The Morgan fingerprint density at radius 2 is 1.43 bits per heavy atom. The smallest absolute Gasteiger partial charge is 0.497 e. The number of nitrogens with zero attached hydrogens (tertiary/aromatic N) is 2. The summed E-state index contributed by atoms with van der Waals surface area (Å²) in [7, 11) is 1.17. The van der Waals surface area contributed by atoms with Crippen LogP contribution in [0.15, 0.2) is 24.4 Å². The predicted octanol–water partition coefficient (Wildman–Crippen LogP) is 6.76. The molecule has 0 radical (unpaired) electrons. The Hall–Kier alpha value is -2.83. The summed E-state index contributed by atoms with van der Waals surface area (Å²) < 4.78 is 57.7. The molecule has 1 heterocycles. The van der Waals surface area contributed by atoms with Gasteiger partial charge in [-0.05, 0) is 95.6 Å². The standard InChI is InChI=1S/C30H45N2O11P/c1-31(2)17-16-23-19-32(28-15-14-26(36-3)18-27(23)28)20-39-44(35,40-21-37-29(33)42-24-10-6-4-7-11-24)41-22-38-30(34)43-25-12-8-5-9-13-25/h14-15,18-19,24-25H,4-13,16-17,20-22H2,1-3H3. The SMILES string of the molecule is COc1ccc2c(c1)c(CCN(C)C)cn2COP(=O)(OCOC(=O)OC1CCCCC1)OCOC(=O)OC1CCCCC1. The minimum Gasteiger partial charge on any atom is -0.497 e. The van der Waals surface area contributed by atoms with E-state index in [9.17, 15) is 14.2 Å². The van der Waals surface area contributed by atoms with E-state index in [4.69, 9.17) is 37.3 Å². The molecule has 2 aliphatic carbocycles. The van der Waals surface area contributed by atoms with Gasteiger partial charge in [-0.25, -0.2) is 23.2 Å². The highest BCUT2D eigenvalue weighted by molar-refractivity contribution is 7.48. The average Bonchev–Trinajstić information content (AvgIpc) is 3.36. The Morgan fingerprint density at radius 3 is 1.95 bits per heavy atom. The number of carbonyl (C=O) groups excluding carboxylic acids is 2. The van der Waals surface area contributed by atoms with E-state index in [1.165, 1.54) is 0 Å². The van der Waals surface area contributed by atoms with Gasteiger partial charge in [0.05, 0.1) is 12.6 Å². The zero-order chi connectivity index (χ0) is 31.4. The van der Waals surface area contributed by atoms with E-state index >= 15 is 0 Å². The maximum absolute atomic E-state index is 13.6. The van der Waals surface area contributed by atoms with Gasteiger partial charge in [-0.2, -0.15) is 0 Å². The van der Waals surface area contributed by atoms with E-state index in [2.05, 4.69) is 4.90 Å². The second-order valence-corrected chi connectivity index (χ2v) is 13.0. The minimum atomic E-state index is -4.42. The molecule has 0 unspecified atom stereocenters. The number of aromatic nitrogens is 1. The molecule has 0 N–H and O–H groups in total. The number of carbonyl (C=O) groups is 2. The summed E-state index contributed by atoms with van der Waals surface area (Å²) in [6, 6.07) is 5.62. The molecular weight excluding hydrogens is 595 g/mol. The highest BCUT2D eigenvalue weighted by Gasteiger charge is 2.30. The van der Waals surface area contributed by atoms with Crippen LogP contribution < -0.4 is 4.74 Å². The van der Waals surface area contributed by atoms with Crippen molar-refractivity contribution in [3.63, 3.8) is 0 Å². The Bertz CT molecular complexity index is 1210. The molecule has 0 saturated heterocycles. The third kappa shape index (κ3) is 10.7. The van der Waals surface area contributed by atoms with E-state index in [-0.39, 0.29) is 18.9 Å². The molecule has 44 heavy (non-hydrogen) atoms. The molecule has 1 aromatic carbocycles. The lowest BCUT2D eigenvalue weighted by atomic mass is 9.98. The maximum atomic E-state index is 13.6. The Balaban J connectivity index is 1.39. The van der Waals surface area contributed by atoms with E-state index in [0.29, 0.717) is 5.75 Å². The highest BCUT2D eigenvalue weighted by atomic mass is 31.2. The second kappa shape index (κ2) is 17.0. The van der Waals surface area contributed by atoms with Gasteiger partial charge in [-0.15, -0.1) is 0 Å². The molecular formula is C30H45N2O11P. The van der Waals surface area contributed by atoms with Gasteiger partial charge in [0.15, 0.2) is 0 Å². The molecule has 2 aliphatic rings. The van der Waals surface area contributed by atoms with Gasteiger partial charge >= 0.3 is 20.1 Å². The highest BCUT2D eigenvalue weighted by Crippen LogP contribution is 2.50. The number of phosphoric acid groups is 1. The quantitative estimate of drug-likeness (QED) is 0.116. The molecule has 2 fully saturated rings. The zero-order valence-electron chi connectivity index (χ0n) is 25.9. The summed E-state index contributed by atoms with van der Waals surface area (Å²) >= 11 is 0. The Labute approximate surface area is 258 Å². The number of likely N-dealkylation sites (N-methyl/N-ethyl adjacent to an activating group) is 1. The van der Waals surface area contributed by atoms with Crippen molar-refractivity contribution in [1.82, 2.24) is 9.47 Å². The normalized spacial score (nSPS) is 16.6. The summed E-state index contributed by atoms with van der Waals surface area (Å²) in [5.74, 6) is 0.703. The van der Waals surface area contributed by atoms with Crippen molar-refractivity contribution < 1.29 is 51.4 Å². The van der Waals surface area contributed by atoms with E-state index in [1.807, 2.05) is 38.5 Å². The first-order valence-electron chi connectivity index (χ1n) is 15.3. The van der Waals surface area contributed by atoms with Crippen molar-refractivity contribution in [3.8, 4) is 5.75 Å². The lowest BCUT2D eigenvalue weighted by molar-refractivity contribution is -0.0560. The number of ether oxygens (including phenoxy) is 5. The van der Waals surface area contributed by atoms with Crippen molar-refractivity contribution in [1.29, 1.82) is 0 Å². The van der Waals surface area contributed by atoms with Crippen LogP contribution in [0.25, 0.3) is 10.9 Å². The fourth-order valence-corrected chi connectivity index (χ4v) is 6.21. The van der Waals surface area contributed by atoms with Crippen molar-refractivity contribution in [2.24, 2.45) is 0 Å². The van der Waals surface area contributed by atoms with Crippen molar-refractivity contribution >= 4 is 31.0 Å². The zero-order valence-corrected chi connectivity index (χ0v) is 26.8. The number of phosphoric ester groups is 1. The van der Waals surface area contributed by atoms with Crippen LogP contribution in [0.2, 0.25) is 0 Å². The molecule has 0 bridgehead atoms. The maximum Gasteiger partial charge on any atom is 0.510 e. The summed E-state index contributed by atoms with van der Waals surface area (Å²) in [6.45, 7) is -0.939. The Morgan fingerprint density at radius 1 is 0.864 bits per heavy atom. The predicted molar refractivity (Wildman–Crippen MR) is 160 cm³/mol. The monoisotopic (exact) mass is 640 g/mol. The van der Waals surface area contributed by atoms with Crippen LogP contribution >= 0.6 is 7.82 Å². The van der Waals surface area contributed by atoms with Crippen LogP contribution in [-0.4, -0.2) is 75.3 Å². The van der Waals surface area contributed by atoms with Crippen molar-refractivity contribution in [3.05, 3.63) is 30.0 Å². The minimum absolute atomic E-state index is 0.221. The van der Waals surface area contributed by atoms with Gasteiger partial charge in [-0.1, -0.05) is 12.8 Å². The van der Waals surface area contributed by atoms with Gasteiger partial charge in [0.25, 0.3) is 0 Å². The van der Waals surface area contributed by atoms with E-state index < -0.39 is 33.7 Å². The number of hydrogen-bond acceptors (Lipinski definition) is 12. The van der Waals surface area contributed by atoms with Gasteiger partial charge in [0.1, 0.15) is 24.7 Å². The molecule has 0 aliphatic heterocycles. The number of rotatable bonds is 15. The van der Waals surface area contributed by atoms with Crippen LogP contribution in [-0.2, 0) is 50.2 Å². The van der Waals surface area contributed by atoms with Crippen molar-refractivity contribution in [2.75, 3.05) is 41.3 Å². The summed E-state index contributed by atoms with van der Waals surface area (Å²) in [4.78, 5) is 26.4. The van der Waals surface area contributed by atoms with Crippen LogP contribution in [0.5, 0.6) is 5.75 Å². The molecule has 2 aromatic rings. The van der Waals surface area contributed by atoms with Gasteiger partial charge < -0.3 is 33.2 Å². The largest absolute Gasteiger partial charge is 0.510 e. The topological polar surface area (TPSA) is 133 Å². The van der Waals surface area contributed by atoms with Crippen LogP contribution in [0.4, 0.5) is 9.59 Å². The fraction of sp³-hybridized carbons (Fsp3) is 0.667. The number of methoxy groups -OCH3 is 1. The lowest BCUT2D eigenvalue weighted by Gasteiger charge is -2.22. The van der Waals surface area contributed by atoms with Crippen LogP contribution in [0.3, 0.4) is 0 Å². The summed E-state index contributed by atoms with van der Waals surface area (Å²) in [5, 5.41) is 0.953. The fourth-order valence-electron chi connectivity index (χ4n) is 5.36. The van der Waals surface area contributed by atoms with Gasteiger partial charge in [0.2, 0.25) is 13.6 Å². The number of benzene rings is 1. The second-order valence-electron chi connectivity index (χ2n) is 11.3. The lowest BCUT2D eigenvalue weighted by Crippen LogP contribution is -2.22. The molecule has 13 nitrogen and oxygen atoms in total. The molecule has 0 atom stereocenters. The number of fused-ring (bicyclic) bond motifs is 1. The summed E-state index contributed by atoms with van der Waals surface area (Å²) in [5.41, 5.74) is 1.85. The van der Waals surface area contributed by atoms with E-state index in [0.717, 1.165) is 93.6 Å². The van der Waals surface area contributed by atoms with Crippen LogP contribution in [0, 0.1) is 0 Å². The van der Waals surface area contributed by atoms with Crippen LogP contribution in [0.1, 0.15) is 69.8 Å². The molecule has 14 heteroatoms. The Kier molecular flexibility index (Phi) is 13.2. The molecule has 0 amide bonds. The van der Waals surface area contributed by atoms with E-state index in [1.54, 1.807) is 11.7 Å². The molecule has 1 aromatic heterocycles. The average molecular weight is 641 g/mol. The first kappa shape index (κ1) is 34.1. The van der Waals surface area contributed by atoms with Gasteiger partial charge in [0, 0.05) is 18.1 Å². The summed E-state index contributed by atoms with van der Waals surface area (Å²) in [6.07, 6.45) is 9.52. The first-order valence-corrected chi connectivity index (χ1v) is 16.7. The third-order valence-electron chi connectivity index (χ3n) is 7.76.